The number of hydrogen-bond donors (Lipinski definition) is 1. The zero-order valence-corrected chi connectivity index (χ0v) is 12.5. The van der Waals surface area contributed by atoms with Crippen molar-refractivity contribution in [2.24, 2.45) is 0 Å². The number of nitriles is 1. The topological polar surface area (TPSA) is 68.3 Å². The molecule has 0 heterocycles. The van der Waals surface area contributed by atoms with Gasteiger partial charge >= 0.3 is 0 Å². The average molecular weight is 333 g/mol. The van der Waals surface area contributed by atoms with E-state index >= 15 is 0 Å². The van der Waals surface area contributed by atoms with E-state index in [4.69, 9.17) is 20.5 Å². The lowest BCUT2D eigenvalue weighted by Crippen LogP contribution is -2.01. The standard InChI is InChI=1S/C15H13BrN2O2/c1-19-14-4-2-10(8-17)6-11(14)9-20-15-5-3-12(16)7-13(15)18/h2-7H,9,18H2,1H3. The van der Waals surface area contributed by atoms with Crippen LogP contribution in [0.2, 0.25) is 0 Å². The minimum Gasteiger partial charge on any atom is -0.496 e. The van der Waals surface area contributed by atoms with Crippen LogP contribution in [0, 0.1) is 11.3 Å². The van der Waals surface area contributed by atoms with Gasteiger partial charge in [-0.2, -0.15) is 5.26 Å². The smallest absolute Gasteiger partial charge is 0.142 e. The van der Waals surface area contributed by atoms with E-state index in [0.717, 1.165) is 10.0 Å². The summed E-state index contributed by atoms with van der Waals surface area (Å²) >= 11 is 3.34. The molecule has 0 saturated heterocycles. The summed E-state index contributed by atoms with van der Waals surface area (Å²) in [6.45, 7) is 0.282. The normalized spacial score (nSPS) is 9.85. The molecule has 0 aliphatic heterocycles. The van der Waals surface area contributed by atoms with Crippen molar-refractivity contribution in [3.63, 3.8) is 0 Å². The number of benzene rings is 2. The van der Waals surface area contributed by atoms with Crippen molar-refractivity contribution >= 4 is 21.6 Å². The third-order valence-corrected chi connectivity index (χ3v) is 3.26. The van der Waals surface area contributed by atoms with Gasteiger partial charge in [-0.15, -0.1) is 0 Å². The van der Waals surface area contributed by atoms with E-state index in [0.29, 0.717) is 22.7 Å². The van der Waals surface area contributed by atoms with Crippen LogP contribution in [0.25, 0.3) is 0 Å². The summed E-state index contributed by atoms with van der Waals surface area (Å²) in [6, 6.07) is 12.7. The maximum absolute atomic E-state index is 8.93. The zero-order chi connectivity index (χ0) is 14.5. The Morgan fingerprint density at radius 3 is 2.60 bits per heavy atom. The Morgan fingerprint density at radius 1 is 1.20 bits per heavy atom. The summed E-state index contributed by atoms with van der Waals surface area (Å²) in [5.41, 5.74) is 7.79. The minimum absolute atomic E-state index is 0.282. The van der Waals surface area contributed by atoms with Crippen molar-refractivity contribution in [3.05, 3.63) is 52.0 Å². The van der Waals surface area contributed by atoms with Crippen molar-refractivity contribution < 1.29 is 9.47 Å². The summed E-state index contributed by atoms with van der Waals surface area (Å²) in [5, 5.41) is 8.93. The van der Waals surface area contributed by atoms with E-state index in [-0.39, 0.29) is 6.61 Å². The lowest BCUT2D eigenvalue weighted by molar-refractivity contribution is 0.298. The molecule has 2 aromatic rings. The molecule has 0 spiro atoms. The molecule has 20 heavy (non-hydrogen) atoms. The molecule has 2 N–H and O–H groups in total. The summed E-state index contributed by atoms with van der Waals surface area (Å²) in [7, 11) is 1.58. The molecular weight excluding hydrogens is 320 g/mol. The number of anilines is 1. The molecule has 0 aliphatic rings. The van der Waals surface area contributed by atoms with Crippen LogP contribution < -0.4 is 15.2 Å². The van der Waals surface area contributed by atoms with Crippen LogP contribution in [0.1, 0.15) is 11.1 Å². The molecule has 0 fully saturated rings. The Morgan fingerprint density at radius 2 is 1.95 bits per heavy atom. The summed E-state index contributed by atoms with van der Waals surface area (Å²) < 4.78 is 11.8. The third-order valence-electron chi connectivity index (χ3n) is 2.76. The molecule has 0 unspecified atom stereocenters. The molecule has 2 aromatic carbocycles. The third kappa shape index (κ3) is 3.22. The van der Waals surface area contributed by atoms with Crippen molar-refractivity contribution in [2.75, 3.05) is 12.8 Å². The lowest BCUT2D eigenvalue weighted by atomic mass is 10.1. The van der Waals surface area contributed by atoms with Crippen LogP contribution in [0.5, 0.6) is 11.5 Å². The Labute approximate surface area is 125 Å². The van der Waals surface area contributed by atoms with Crippen LogP contribution in [0.3, 0.4) is 0 Å². The highest BCUT2D eigenvalue weighted by Gasteiger charge is 2.07. The molecule has 5 heteroatoms. The number of nitrogens with zero attached hydrogens (tertiary/aromatic N) is 1. The first kappa shape index (κ1) is 14.2. The van der Waals surface area contributed by atoms with E-state index < -0.39 is 0 Å². The highest BCUT2D eigenvalue weighted by molar-refractivity contribution is 9.10. The van der Waals surface area contributed by atoms with Gasteiger partial charge in [-0.25, -0.2) is 0 Å². The fourth-order valence-corrected chi connectivity index (χ4v) is 2.15. The molecule has 0 atom stereocenters. The predicted molar refractivity (Wildman–Crippen MR) is 80.6 cm³/mol. The molecule has 2 rings (SSSR count). The molecule has 0 radical (unpaired) electrons. The second-order valence-corrected chi connectivity index (χ2v) is 5.02. The molecule has 0 bridgehead atoms. The minimum atomic E-state index is 0.282. The largest absolute Gasteiger partial charge is 0.496 e. The maximum Gasteiger partial charge on any atom is 0.142 e. The molecular formula is C15H13BrN2O2. The van der Waals surface area contributed by atoms with Crippen molar-refractivity contribution in [1.29, 1.82) is 5.26 Å². The molecule has 0 saturated carbocycles. The molecule has 102 valence electrons. The van der Waals surface area contributed by atoms with Gasteiger partial charge in [0.25, 0.3) is 0 Å². The van der Waals surface area contributed by atoms with Gasteiger partial charge in [-0.3, -0.25) is 0 Å². The number of halogens is 1. The van der Waals surface area contributed by atoms with Crippen LogP contribution in [0.15, 0.2) is 40.9 Å². The number of nitrogens with two attached hydrogens (primary N) is 1. The first-order valence-corrected chi connectivity index (χ1v) is 6.68. The van der Waals surface area contributed by atoms with E-state index in [9.17, 15) is 0 Å². The number of rotatable bonds is 4. The number of nitrogen functional groups attached to an aromatic ring is 1. The first-order chi connectivity index (χ1) is 9.63. The Hall–Kier alpha value is -2.19. The second kappa shape index (κ2) is 6.31. The van der Waals surface area contributed by atoms with Gasteiger partial charge in [0, 0.05) is 10.0 Å². The van der Waals surface area contributed by atoms with Gasteiger partial charge in [0.2, 0.25) is 0 Å². The van der Waals surface area contributed by atoms with Gasteiger partial charge in [0.15, 0.2) is 0 Å². The Kier molecular flexibility index (Phi) is 4.49. The monoisotopic (exact) mass is 332 g/mol. The maximum atomic E-state index is 8.93. The highest BCUT2D eigenvalue weighted by atomic mass is 79.9. The quantitative estimate of drug-likeness (QED) is 0.870. The van der Waals surface area contributed by atoms with E-state index in [1.54, 1.807) is 37.4 Å². The highest BCUT2D eigenvalue weighted by Crippen LogP contribution is 2.27. The molecule has 0 aliphatic carbocycles. The van der Waals surface area contributed by atoms with E-state index in [1.165, 1.54) is 0 Å². The van der Waals surface area contributed by atoms with Gasteiger partial charge < -0.3 is 15.2 Å². The summed E-state index contributed by atoms with van der Waals surface area (Å²) in [5.74, 6) is 1.28. The number of methoxy groups -OCH3 is 1. The molecule has 4 nitrogen and oxygen atoms in total. The number of hydrogen-bond acceptors (Lipinski definition) is 4. The second-order valence-electron chi connectivity index (χ2n) is 4.11. The van der Waals surface area contributed by atoms with Gasteiger partial charge in [-0.05, 0) is 36.4 Å². The van der Waals surface area contributed by atoms with Crippen molar-refractivity contribution in [1.82, 2.24) is 0 Å². The fraction of sp³-hybridized carbons (Fsp3) is 0.133. The van der Waals surface area contributed by atoms with Crippen LogP contribution in [0.4, 0.5) is 5.69 Å². The van der Waals surface area contributed by atoms with Gasteiger partial charge in [-0.1, -0.05) is 15.9 Å². The van der Waals surface area contributed by atoms with Crippen LogP contribution in [-0.4, -0.2) is 7.11 Å². The van der Waals surface area contributed by atoms with Crippen molar-refractivity contribution in [2.45, 2.75) is 6.61 Å². The molecule has 0 aromatic heterocycles. The number of ether oxygens (including phenoxy) is 2. The SMILES string of the molecule is COc1ccc(C#N)cc1COc1ccc(Br)cc1N. The average Bonchev–Trinajstić information content (AvgIpc) is 2.46. The lowest BCUT2D eigenvalue weighted by Gasteiger charge is -2.12. The van der Waals surface area contributed by atoms with Crippen molar-refractivity contribution in [3.8, 4) is 17.6 Å². The Bertz CT molecular complexity index is 665. The Balaban J connectivity index is 2.20. The van der Waals surface area contributed by atoms with E-state index in [2.05, 4.69) is 22.0 Å². The molecule has 0 amide bonds. The van der Waals surface area contributed by atoms with Crippen LogP contribution >= 0.6 is 15.9 Å². The van der Waals surface area contributed by atoms with E-state index in [1.807, 2.05) is 6.07 Å². The summed E-state index contributed by atoms with van der Waals surface area (Å²) in [6.07, 6.45) is 0. The van der Waals surface area contributed by atoms with Crippen LogP contribution in [-0.2, 0) is 6.61 Å². The van der Waals surface area contributed by atoms with Gasteiger partial charge in [0.1, 0.15) is 18.1 Å². The van der Waals surface area contributed by atoms with Gasteiger partial charge in [0.05, 0.1) is 24.4 Å². The zero-order valence-electron chi connectivity index (χ0n) is 10.9. The predicted octanol–water partition coefficient (Wildman–Crippen LogP) is 3.49. The summed E-state index contributed by atoms with van der Waals surface area (Å²) in [4.78, 5) is 0. The fourth-order valence-electron chi connectivity index (χ4n) is 1.77. The first-order valence-electron chi connectivity index (χ1n) is 5.89.